The second-order valence-corrected chi connectivity index (χ2v) is 7.56. The van der Waals surface area contributed by atoms with Gasteiger partial charge in [-0.1, -0.05) is 11.6 Å². The Morgan fingerprint density at radius 2 is 1.93 bits per heavy atom. The van der Waals surface area contributed by atoms with Crippen LogP contribution in [0.2, 0.25) is 5.02 Å². The second kappa shape index (κ2) is 8.10. The zero-order chi connectivity index (χ0) is 20.4. The van der Waals surface area contributed by atoms with E-state index in [4.69, 9.17) is 11.6 Å². The Labute approximate surface area is 167 Å². The predicted octanol–water partition coefficient (Wildman–Crippen LogP) is 1.89. The molecule has 1 aliphatic carbocycles. The molecule has 2 amide bonds. The number of hydrogen-bond donors (Lipinski definition) is 3. The van der Waals surface area contributed by atoms with Gasteiger partial charge in [0, 0.05) is 37.3 Å². The van der Waals surface area contributed by atoms with E-state index >= 15 is 0 Å². The molecule has 2 aromatic rings. The Kier molecular flexibility index (Phi) is 5.79. The average molecular weight is 407 g/mol. The Balaban J connectivity index is 1.55. The lowest BCUT2D eigenvalue weighted by molar-refractivity contribution is 0.0668. The van der Waals surface area contributed by atoms with Crippen LogP contribution in [0.15, 0.2) is 29.1 Å². The van der Waals surface area contributed by atoms with Gasteiger partial charge in [0.05, 0.1) is 5.56 Å². The number of rotatable bonds is 4. The van der Waals surface area contributed by atoms with E-state index < -0.39 is 0 Å². The summed E-state index contributed by atoms with van der Waals surface area (Å²) in [5, 5.41) is 15.9. The highest BCUT2D eigenvalue weighted by molar-refractivity contribution is 6.30. The summed E-state index contributed by atoms with van der Waals surface area (Å²) in [7, 11) is 3.29. The number of carbonyl (C=O) groups is 2. The molecule has 1 aromatic carbocycles. The molecule has 0 bridgehead atoms. The average Bonchev–Trinajstić information content (AvgIpc) is 2.99. The number of nitrogens with zero attached hydrogens (tertiary/aromatic N) is 2. The summed E-state index contributed by atoms with van der Waals surface area (Å²) in [5.74, 6) is -0.721. The molecule has 0 spiro atoms. The van der Waals surface area contributed by atoms with Crippen LogP contribution in [0, 0.1) is 0 Å². The fraction of sp³-hybridized carbons (Fsp3) is 0.421. The molecule has 28 heavy (non-hydrogen) atoms. The van der Waals surface area contributed by atoms with Gasteiger partial charge >= 0.3 is 0 Å². The zero-order valence-corrected chi connectivity index (χ0v) is 16.5. The number of amides is 2. The lowest BCUT2D eigenvalue weighted by Crippen LogP contribution is -2.44. The number of aromatic hydroxyl groups is 1. The number of aromatic amines is 1. The van der Waals surface area contributed by atoms with Gasteiger partial charge in [0.2, 0.25) is 0 Å². The van der Waals surface area contributed by atoms with Gasteiger partial charge in [0.1, 0.15) is 11.4 Å². The van der Waals surface area contributed by atoms with E-state index in [1.807, 2.05) is 0 Å². The summed E-state index contributed by atoms with van der Waals surface area (Å²) in [6.07, 6.45) is 2.90. The van der Waals surface area contributed by atoms with Crippen molar-refractivity contribution in [3.8, 4) is 5.75 Å². The summed E-state index contributed by atoms with van der Waals surface area (Å²) in [6.45, 7) is 0. The summed E-state index contributed by atoms with van der Waals surface area (Å²) in [4.78, 5) is 38.1. The Morgan fingerprint density at radius 3 is 2.50 bits per heavy atom. The topological polar surface area (TPSA) is 107 Å². The summed E-state index contributed by atoms with van der Waals surface area (Å²) in [6, 6.07) is 5.69. The molecule has 0 atom stereocenters. The van der Waals surface area contributed by atoms with Crippen molar-refractivity contribution >= 4 is 23.4 Å². The molecule has 0 aliphatic heterocycles. The first-order chi connectivity index (χ1) is 13.3. The van der Waals surface area contributed by atoms with Crippen LogP contribution in [-0.4, -0.2) is 50.7 Å². The summed E-state index contributed by atoms with van der Waals surface area (Å²) in [5.41, 5.74) is 0.198. The second-order valence-electron chi connectivity index (χ2n) is 7.12. The minimum absolute atomic E-state index is 0.0288. The summed E-state index contributed by atoms with van der Waals surface area (Å²) >= 11 is 5.79. The molecule has 0 unspecified atom stereocenters. The molecule has 3 rings (SSSR count). The largest absolute Gasteiger partial charge is 0.507 e. The smallest absolute Gasteiger partial charge is 0.271 e. The third-order valence-electron chi connectivity index (χ3n) is 5.22. The Morgan fingerprint density at radius 1 is 1.25 bits per heavy atom. The first kappa shape index (κ1) is 20.0. The first-order valence-electron chi connectivity index (χ1n) is 9.09. The maximum Gasteiger partial charge on any atom is 0.271 e. The van der Waals surface area contributed by atoms with Crippen molar-refractivity contribution in [2.75, 3.05) is 7.05 Å². The molecule has 9 heteroatoms. The molecule has 3 N–H and O–H groups in total. The molecule has 1 saturated carbocycles. The number of halogens is 1. The lowest BCUT2D eigenvalue weighted by atomic mass is 9.90. The molecule has 8 nitrogen and oxygen atoms in total. The van der Waals surface area contributed by atoms with Crippen molar-refractivity contribution in [3.63, 3.8) is 0 Å². The van der Waals surface area contributed by atoms with Gasteiger partial charge in [0.25, 0.3) is 17.4 Å². The van der Waals surface area contributed by atoms with Gasteiger partial charge in [-0.15, -0.1) is 0 Å². The quantitative estimate of drug-likeness (QED) is 0.720. The van der Waals surface area contributed by atoms with Crippen LogP contribution in [0.4, 0.5) is 0 Å². The number of phenols is 1. The van der Waals surface area contributed by atoms with E-state index in [9.17, 15) is 19.5 Å². The van der Waals surface area contributed by atoms with Crippen molar-refractivity contribution in [1.29, 1.82) is 0 Å². The predicted molar refractivity (Wildman–Crippen MR) is 105 cm³/mol. The molecule has 0 radical (unpaired) electrons. The first-order valence-corrected chi connectivity index (χ1v) is 9.46. The number of aromatic nitrogens is 2. The van der Waals surface area contributed by atoms with Gasteiger partial charge < -0.3 is 15.3 Å². The minimum Gasteiger partial charge on any atom is -0.507 e. The van der Waals surface area contributed by atoms with Gasteiger partial charge in [0.15, 0.2) is 0 Å². The molecule has 0 saturated heterocycles. The monoisotopic (exact) mass is 406 g/mol. The fourth-order valence-electron chi connectivity index (χ4n) is 3.52. The van der Waals surface area contributed by atoms with Crippen molar-refractivity contribution in [1.82, 2.24) is 20.0 Å². The zero-order valence-electron chi connectivity index (χ0n) is 15.7. The number of H-pyrrole nitrogens is 1. The maximum absolute atomic E-state index is 12.6. The number of nitrogens with one attached hydrogen (secondary N) is 2. The number of hydrogen-bond acceptors (Lipinski definition) is 4. The van der Waals surface area contributed by atoms with E-state index in [1.54, 1.807) is 25.1 Å². The van der Waals surface area contributed by atoms with E-state index in [1.165, 1.54) is 22.9 Å². The third-order valence-corrected chi connectivity index (χ3v) is 5.46. The van der Waals surface area contributed by atoms with Gasteiger partial charge in [-0.25, -0.2) is 0 Å². The van der Waals surface area contributed by atoms with E-state index in [2.05, 4.69) is 10.4 Å². The number of aryl methyl sites for hydroxylation is 1. The highest BCUT2D eigenvalue weighted by Gasteiger charge is 2.29. The standard InChI is InChI=1S/C19H23ClN4O4/c1-23(19(28)15-10-17(26)24(2)22-15)13-6-4-12(5-7-13)21-18(27)14-8-3-11(20)9-16(14)25/h3,8-10,12-13,22,25H,4-7H2,1-2H3,(H,21,27). The van der Waals surface area contributed by atoms with Crippen LogP contribution in [0.25, 0.3) is 0 Å². The van der Waals surface area contributed by atoms with Crippen molar-refractivity contribution in [3.05, 3.63) is 50.9 Å². The van der Waals surface area contributed by atoms with Gasteiger partial charge in [-0.2, -0.15) is 0 Å². The molecular weight excluding hydrogens is 384 g/mol. The van der Waals surface area contributed by atoms with Crippen LogP contribution in [0.1, 0.15) is 46.5 Å². The van der Waals surface area contributed by atoms with Crippen LogP contribution in [0.3, 0.4) is 0 Å². The molecule has 1 fully saturated rings. The molecule has 150 valence electrons. The van der Waals surface area contributed by atoms with E-state index in [-0.39, 0.29) is 46.5 Å². The maximum atomic E-state index is 12.6. The van der Waals surface area contributed by atoms with Crippen LogP contribution in [-0.2, 0) is 7.05 Å². The third kappa shape index (κ3) is 4.22. The number of phenolic OH excluding ortho intramolecular Hbond substituents is 1. The molecule has 1 aromatic heterocycles. The number of benzene rings is 1. The van der Waals surface area contributed by atoms with E-state index in [0.29, 0.717) is 17.9 Å². The highest BCUT2D eigenvalue weighted by atomic mass is 35.5. The minimum atomic E-state index is -0.344. The lowest BCUT2D eigenvalue weighted by Gasteiger charge is -2.34. The molecule has 1 aliphatic rings. The van der Waals surface area contributed by atoms with Crippen LogP contribution < -0.4 is 10.9 Å². The van der Waals surface area contributed by atoms with E-state index in [0.717, 1.165) is 12.8 Å². The normalized spacial score (nSPS) is 19.2. The molecular formula is C19H23ClN4O4. The summed E-state index contributed by atoms with van der Waals surface area (Å²) < 4.78 is 1.26. The Bertz CT molecular complexity index is 944. The van der Waals surface area contributed by atoms with Crippen LogP contribution in [0.5, 0.6) is 5.75 Å². The highest BCUT2D eigenvalue weighted by Crippen LogP contribution is 2.25. The van der Waals surface area contributed by atoms with Crippen LogP contribution >= 0.6 is 11.6 Å². The van der Waals surface area contributed by atoms with Gasteiger partial charge in [-0.05, 0) is 43.9 Å². The van der Waals surface area contributed by atoms with Crippen molar-refractivity contribution in [2.45, 2.75) is 37.8 Å². The SMILES string of the molecule is CN(C(=O)c1cc(=O)n(C)[nH]1)C1CCC(NC(=O)c2ccc(Cl)cc2O)CC1. The molecule has 1 heterocycles. The fourth-order valence-corrected chi connectivity index (χ4v) is 3.69. The van der Waals surface area contributed by atoms with Crippen molar-refractivity contribution < 1.29 is 14.7 Å². The number of carbonyl (C=O) groups excluding carboxylic acids is 2. The Hall–Kier alpha value is -2.74. The van der Waals surface area contributed by atoms with Crippen molar-refractivity contribution in [2.24, 2.45) is 7.05 Å². The van der Waals surface area contributed by atoms with Gasteiger partial charge in [-0.3, -0.25) is 24.2 Å².